The molecule has 0 radical (unpaired) electrons. The van der Waals surface area contributed by atoms with Gasteiger partial charge in [0.15, 0.2) is 0 Å². The van der Waals surface area contributed by atoms with Crippen molar-refractivity contribution in [3.05, 3.63) is 35.5 Å². The van der Waals surface area contributed by atoms with Crippen LogP contribution in [0.1, 0.15) is 91.7 Å². The van der Waals surface area contributed by atoms with E-state index in [-0.39, 0.29) is 42.0 Å². The van der Waals surface area contributed by atoms with Crippen LogP contribution in [0.15, 0.2) is 24.4 Å². The maximum atomic E-state index is 13.5. The summed E-state index contributed by atoms with van der Waals surface area (Å²) in [5.74, 6) is -1.15. The van der Waals surface area contributed by atoms with Gasteiger partial charge in [-0.3, -0.25) is 9.59 Å². The van der Waals surface area contributed by atoms with Crippen LogP contribution in [0.5, 0.6) is 0 Å². The molecular weight excluding hydrogens is 638 g/mol. The van der Waals surface area contributed by atoms with Gasteiger partial charge < -0.3 is 39.3 Å². The minimum Gasteiger partial charge on any atom is -0.425 e. The van der Waals surface area contributed by atoms with Crippen LogP contribution in [-0.2, 0) is 41.5 Å². The molecule has 0 bridgehead atoms. The molecule has 2 aromatic rings. The molecule has 3 N–H and O–H groups in total. The number of hydrogen-bond acceptors (Lipinski definition) is 8. The van der Waals surface area contributed by atoms with E-state index in [1.165, 1.54) is 29.0 Å². The highest BCUT2D eigenvalue weighted by molar-refractivity contribution is 5.84. The van der Waals surface area contributed by atoms with Gasteiger partial charge in [-0.15, -0.1) is 0 Å². The largest absolute Gasteiger partial charge is 0.425 e. The van der Waals surface area contributed by atoms with E-state index in [0.717, 1.165) is 32.2 Å². The maximum absolute atomic E-state index is 13.5. The molecule has 1 saturated heterocycles. The fraction of sp³-hybridized carbons (Fsp3) is 0.718. The predicted octanol–water partition coefficient (Wildman–Crippen LogP) is 6.15. The Balaban J connectivity index is 1.83. The zero-order valence-corrected chi connectivity index (χ0v) is 31.8. The van der Waals surface area contributed by atoms with E-state index in [9.17, 15) is 19.5 Å². The van der Waals surface area contributed by atoms with Gasteiger partial charge in [-0.25, -0.2) is 4.79 Å². The van der Waals surface area contributed by atoms with Gasteiger partial charge in [-0.2, -0.15) is 0 Å². The highest BCUT2D eigenvalue weighted by Gasteiger charge is 2.34. The summed E-state index contributed by atoms with van der Waals surface area (Å²) in [4.78, 5) is 38.8. The Labute approximate surface area is 299 Å². The van der Waals surface area contributed by atoms with Crippen molar-refractivity contribution in [1.29, 1.82) is 0 Å². The van der Waals surface area contributed by atoms with Crippen molar-refractivity contribution in [3.8, 4) is 0 Å². The molecule has 0 spiro atoms. The molecule has 3 rings (SSSR count). The summed E-state index contributed by atoms with van der Waals surface area (Å²) in [6, 6.07) is 5.91. The number of ether oxygens (including phenoxy) is 4. The van der Waals surface area contributed by atoms with Crippen molar-refractivity contribution >= 4 is 28.9 Å². The van der Waals surface area contributed by atoms with Crippen LogP contribution in [0.25, 0.3) is 10.9 Å². The van der Waals surface area contributed by atoms with Gasteiger partial charge in [0.25, 0.3) is 0 Å². The summed E-state index contributed by atoms with van der Waals surface area (Å²) < 4.78 is 23.7. The summed E-state index contributed by atoms with van der Waals surface area (Å²) >= 11 is 0. The lowest BCUT2D eigenvalue weighted by molar-refractivity contribution is -0.168. The van der Waals surface area contributed by atoms with E-state index in [0.29, 0.717) is 26.2 Å². The summed E-state index contributed by atoms with van der Waals surface area (Å²) in [6.45, 7) is 18.0. The van der Waals surface area contributed by atoms with Crippen molar-refractivity contribution in [2.75, 3.05) is 26.9 Å². The topological polar surface area (TPSA) is 137 Å². The number of alkyl carbamates (subject to hydrolysis) is 1. The van der Waals surface area contributed by atoms with Crippen LogP contribution < -0.4 is 10.6 Å². The predicted molar refractivity (Wildman–Crippen MR) is 195 cm³/mol. The number of benzene rings is 1. The SMILES string of the molecule is COCCCn1cc(C)c2ccc(C[C@@H](C[C@H](NC(=O)OC(C)OC(=O)C(C)C)[C@@H](O)C[C@H](C(=O)NC3CCOCC3)C(C)C)C(C)C)cc21. The second kappa shape index (κ2) is 20.0. The van der Waals surface area contributed by atoms with Gasteiger partial charge in [0.1, 0.15) is 0 Å². The number of hydrogen-bond donors (Lipinski definition) is 3. The molecule has 1 aliphatic rings. The van der Waals surface area contributed by atoms with Gasteiger partial charge in [-0.1, -0.05) is 53.7 Å². The van der Waals surface area contributed by atoms with E-state index in [4.69, 9.17) is 18.9 Å². The monoisotopic (exact) mass is 701 g/mol. The molecule has 50 heavy (non-hydrogen) atoms. The van der Waals surface area contributed by atoms with Crippen molar-refractivity contribution in [3.63, 3.8) is 0 Å². The van der Waals surface area contributed by atoms with Crippen LogP contribution in [0, 0.1) is 36.5 Å². The average Bonchev–Trinajstić information content (AvgIpc) is 3.36. The zero-order chi connectivity index (χ0) is 37.0. The molecule has 1 aliphatic heterocycles. The molecule has 282 valence electrons. The standard InChI is InChI=1S/C39H63N3O8/c1-24(2)30(19-29-11-12-32-27(7)23-42(35(32)20-29)15-10-16-47-9)21-34(41-39(46)50-28(8)49-38(45)26(5)6)36(43)22-33(25(3)4)37(44)40-31-13-17-48-18-14-31/h11-12,20,23-26,28,30-31,33-34,36,43H,10,13-19,21-22H2,1-9H3,(H,40,44)(H,41,46)/t28?,30-,33-,34-,36-/m0/s1. The number of nitrogens with one attached hydrogen (secondary N) is 2. The lowest BCUT2D eigenvalue weighted by Crippen LogP contribution is -2.49. The molecule has 1 aromatic heterocycles. The number of esters is 1. The number of fused-ring (bicyclic) bond motifs is 1. The van der Waals surface area contributed by atoms with Gasteiger partial charge in [0.05, 0.1) is 18.1 Å². The first kappa shape index (κ1) is 41.3. The molecule has 2 heterocycles. The zero-order valence-electron chi connectivity index (χ0n) is 31.8. The van der Waals surface area contributed by atoms with E-state index in [1.54, 1.807) is 21.0 Å². The van der Waals surface area contributed by atoms with Gasteiger partial charge in [-0.05, 0) is 80.4 Å². The number of carbonyl (C=O) groups is 3. The Morgan fingerprint density at radius 3 is 2.32 bits per heavy atom. The van der Waals surface area contributed by atoms with E-state index < -0.39 is 36.4 Å². The molecule has 5 atom stereocenters. The third-order valence-corrected chi connectivity index (χ3v) is 9.89. The van der Waals surface area contributed by atoms with Gasteiger partial charge in [0.2, 0.25) is 12.2 Å². The van der Waals surface area contributed by atoms with Crippen molar-refractivity contribution < 1.29 is 38.4 Å². The van der Waals surface area contributed by atoms with Crippen LogP contribution >= 0.6 is 0 Å². The number of aliphatic hydroxyl groups excluding tert-OH is 1. The summed E-state index contributed by atoms with van der Waals surface area (Å²) in [5.41, 5.74) is 3.57. The number of nitrogens with zero attached hydrogens (tertiary/aromatic N) is 1. The number of aryl methyl sites for hydroxylation is 2. The summed E-state index contributed by atoms with van der Waals surface area (Å²) in [5, 5.41) is 19.1. The van der Waals surface area contributed by atoms with Crippen molar-refractivity contribution in [2.24, 2.45) is 29.6 Å². The quantitative estimate of drug-likeness (QED) is 0.0902. The highest BCUT2D eigenvalue weighted by atomic mass is 16.7. The molecular formula is C39H63N3O8. The Bertz CT molecular complexity index is 1370. The van der Waals surface area contributed by atoms with Gasteiger partial charge in [0, 0.05) is 69.5 Å². The number of aliphatic hydroxyl groups is 1. The molecule has 11 nitrogen and oxygen atoms in total. The smallest absolute Gasteiger partial charge is 0.410 e. The average molecular weight is 702 g/mol. The molecule has 0 saturated carbocycles. The van der Waals surface area contributed by atoms with Gasteiger partial charge >= 0.3 is 12.1 Å². The first-order valence-corrected chi connectivity index (χ1v) is 18.5. The second-order valence-electron chi connectivity index (χ2n) is 15.0. The third kappa shape index (κ3) is 12.6. The summed E-state index contributed by atoms with van der Waals surface area (Å²) in [7, 11) is 1.72. The summed E-state index contributed by atoms with van der Waals surface area (Å²) in [6.07, 6.45) is 3.04. The molecule has 2 amide bonds. The first-order valence-electron chi connectivity index (χ1n) is 18.5. The lowest BCUT2D eigenvalue weighted by Gasteiger charge is -2.33. The third-order valence-electron chi connectivity index (χ3n) is 9.89. The van der Waals surface area contributed by atoms with E-state index in [1.807, 2.05) is 13.8 Å². The number of carbonyl (C=O) groups excluding carboxylic acids is 3. The molecule has 0 aliphatic carbocycles. The molecule has 1 unspecified atom stereocenters. The Hall–Kier alpha value is -3.15. The Morgan fingerprint density at radius 1 is 1.00 bits per heavy atom. The lowest BCUT2D eigenvalue weighted by atomic mass is 9.80. The van der Waals surface area contributed by atoms with Crippen LogP contribution in [0.4, 0.5) is 4.79 Å². The number of amides is 2. The fourth-order valence-electron chi connectivity index (χ4n) is 6.66. The molecule has 1 aromatic carbocycles. The Kier molecular flexibility index (Phi) is 16.5. The van der Waals surface area contributed by atoms with Crippen molar-refractivity contribution in [1.82, 2.24) is 15.2 Å². The molecule has 1 fully saturated rings. The highest BCUT2D eigenvalue weighted by Crippen LogP contribution is 2.29. The van der Waals surface area contributed by atoms with E-state index >= 15 is 0 Å². The van der Waals surface area contributed by atoms with Crippen LogP contribution in [-0.4, -0.2) is 79.1 Å². The Morgan fingerprint density at radius 2 is 1.70 bits per heavy atom. The van der Waals surface area contributed by atoms with Crippen molar-refractivity contribution in [2.45, 2.75) is 125 Å². The normalized spacial score (nSPS) is 17.1. The minimum absolute atomic E-state index is 0.0382. The molecule has 11 heteroatoms. The number of rotatable bonds is 19. The number of methoxy groups -OCH3 is 1. The maximum Gasteiger partial charge on any atom is 0.410 e. The van der Waals surface area contributed by atoms with E-state index in [2.05, 4.69) is 60.4 Å². The first-order chi connectivity index (χ1) is 23.7. The van der Waals surface area contributed by atoms with Crippen LogP contribution in [0.3, 0.4) is 0 Å². The minimum atomic E-state index is -1.10. The second-order valence-corrected chi connectivity index (χ2v) is 15.0. The number of aromatic nitrogens is 1. The fourth-order valence-corrected chi connectivity index (χ4v) is 6.66. The van der Waals surface area contributed by atoms with Crippen LogP contribution in [0.2, 0.25) is 0 Å².